The van der Waals surface area contributed by atoms with Crippen LogP contribution in [-0.4, -0.2) is 66.2 Å². The lowest BCUT2D eigenvalue weighted by Crippen LogP contribution is -2.56. The van der Waals surface area contributed by atoms with Gasteiger partial charge in [0.25, 0.3) is 0 Å². The number of carbonyl (C=O) groups excluding carboxylic acids is 2. The highest BCUT2D eigenvalue weighted by atomic mass is 16.5. The number of rotatable bonds is 2. The first kappa shape index (κ1) is 13.1. The van der Waals surface area contributed by atoms with E-state index in [-0.39, 0.29) is 36.7 Å². The lowest BCUT2D eigenvalue weighted by molar-refractivity contribution is -0.155. The molecule has 0 aliphatic carbocycles. The van der Waals surface area contributed by atoms with E-state index < -0.39 is 0 Å². The Kier molecular flexibility index (Phi) is 3.75. The molecule has 0 radical (unpaired) electrons. The first-order chi connectivity index (χ1) is 8.54. The second-order valence-corrected chi connectivity index (χ2v) is 5.05. The van der Waals surface area contributed by atoms with E-state index in [1.807, 2.05) is 25.7 Å². The number of morpholine rings is 1. The fraction of sp³-hybridized carbons (Fsp3) is 0.833. The van der Waals surface area contributed by atoms with E-state index >= 15 is 0 Å². The van der Waals surface area contributed by atoms with Gasteiger partial charge in [-0.15, -0.1) is 0 Å². The number of hydrogen-bond donors (Lipinski definition) is 1. The van der Waals surface area contributed by atoms with Crippen LogP contribution >= 0.6 is 0 Å². The van der Waals surface area contributed by atoms with E-state index in [1.54, 1.807) is 4.90 Å². The quantitative estimate of drug-likeness (QED) is 0.757. The third-order valence-electron chi connectivity index (χ3n) is 3.47. The lowest BCUT2D eigenvalue weighted by Gasteiger charge is -2.39. The van der Waals surface area contributed by atoms with Crippen LogP contribution in [0.5, 0.6) is 0 Å². The third-order valence-corrected chi connectivity index (χ3v) is 3.47. The number of hydrogen-bond acceptors (Lipinski definition) is 3. The summed E-state index contributed by atoms with van der Waals surface area (Å²) in [6.45, 7) is 7.74. The minimum absolute atomic E-state index is 0.00569. The van der Waals surface area contributed by atoms with Crippen LogP contribution < -0.4 is 5.32 Å². The normalized spacial score (nSPS) is 27.7. The van der Waals surface area contributed by atoms with E-state index in [1.165, 1.54) is 0 Å². The molecule has 2 aliphatic heterocycles. The van der Waals surface area contributed by atoms with Gasteiger partial charge in [-0.3, -0.25) is 4.79 Å². The molecule has 102 valence electrons. The summed E-state index contributed by atoms with van der Waals surface area (Å²) in [5.74, 6) is 0.0176. The van der Waals surface area contributed by atoms with Crippen LogP contribution in [0.3, 0.4) is 0 Å². The zero-order valence-electron chi connectivity index (χ0n) is 11.2. The number of likely N-dealkylation sites (tertiary alicyclic amines) is 1. The van der Waals surface area contributed by atoms with Crippen molar-refractivity contribution < 1.29 is 14.3 Å². The standard InChI is InChI=1S/C12H21N3O3/c1-4-13-12(17)14-5-9-10(6-14)18-7-11(16)15(9)8(2)3/h8-10H,4-7H2,1-3H3,(H,13,17). The highest BCUT2D eigenvalue weighted by molar-refractivity contribution is 5.80. The minimum Gasteiger partial charge on any atom is -0.364 e. The van der Waals surface area contributed by atoms with Gasteiger partial charge in [-0.05, 0) is 20.8 Å². The summed E-state index contributed by atoms with van der Waals surface area (Å²) < 4.78 is 5.54. The van der Waals surface area contributed by atoms with E-state index in [4.69, 9.17) is 4.74 Å². The van der Waals surface area contributed by atoms with Crippen molar-refractivity contribution in [3.63, 3.8) is 0 Å². The van der Waals surface area contributed by atoms with Gasteiger partial charge < -0.3 is 19.9 Å². The first-order valence-corrected chi connectivity index (χ1v) is 6.50. The largest absolute Gasteiger partial charge is 0.364 e. The summed E-state index contributed by atoms with van der Waals surface area (Å²) in [5, 5.41) is 2.78. The summed E-state index contributed by atoms with van der Waals surface area (Å²) in [6.07, 6.45) is -0.0484. The molecule has 2 aliphatic rings. The number of amides is 3. The summed E-state index contributed by atoms with van der Waals surface area (Å²) in [4.78, 5) is 27.2. The number of fused-ring (bicyclic) bond motifs is 1. The maximum atomic E-state index is 11.9. The number of ether oxygens (including phenoxy) is 1. The van der Waals surface area contributed by atoms with Crippen molar-refractivity contribution in [1.82, 2.24) is 15.1 Å². The SMILES string of the molecule is CCNC(=O)N1CC2OCC(=O)N(C(C)C)C2C1. The van der Waals surface area contributed by atoms with Crippen LogP contribution in [0.15, 0.2) is 0 Å². The predicted octanol–water partition coefficient (Wildman–Crippen LogP) is 0.0359. The molecular weight excluding hydrogens is 234 g/mol. The average Bonchev–Trinajstić information content (AvgIpc) is 2.72. The monoisotopic (exact) mass is 255 g/mol. The Hall–Kier alpha value is -1.30. The predicted molar refractivity (Wildman–Crippen MR) is 66.2 cm³/mol. The number of urea groups is 1. The molecule has 6 nitrogen and oxygen atoms in total. The van der Waals surface area contributed by atoms with Crippen molar-refractivity contribution in [2.45, 2.75) is 39.0 Å². The highest BCUT2D eigenvalue weighted by Crippen LogP contribution is 2.25. The lowest BCUT2D eigenvalue weighted by atomic mass is 10.1. The molecule has 0 bridgehead atoms. The Morgan fingerprint density at radius 1 is 1.50 bits per heavy atom. The summed E-state index contributed by atoms with van der Waals surface area (Å²) in [5.41, 5.74) is 0. The van der Waals surface area contributed by atoms with Gasteiger partial charge in [-0.1, -0.05) is 0 Å². The second-order valence-electron chi connectivity index (χ2n) is 5.05. The minimum atomic E-state index is -0.0772. The van der Waals surface area contributed by atoms with Gasteiger partial charge in [0.15, 0.2) is 0 Å². The Morgan fingerprint density at radius 2 is 2.22 bits per heavy atom. The van der Waals surface area contributed by atoms with Crippen molar-refractivity contribution in [2.75, 3.05) is 26.2 Å². The third kappa shape index (κ3) is 2.29. The van der Waals surface area contributed by atoms with Crippen LogP contribution in [0.4, 0.5) is 4.79 Å². The Bertz CT molecular complexity index is 345. The Labute approximate surface area is 107 Å². The second kappa shape index (κ2) is 5.14. The molecule has 2 fully saturated rings. The van der Waals surface area contributed by atoms with Gasteiger partial charge in [0.2, 0.25) is 5.91 Å². The average molecular weight is 255 g/mol. The molecule has 2 atom stereocenters. The van der Waals surface area contributed by atoms with Crippen molar-refractivity contribution in [1.29, 1.82) is 0 Å². The van der Waals surface area contributed by atoms with E-state index in [0.29, 0.717) is 19.6 Å². The molecule has 0 aromatic carbocycles. The summed E-state index contributed by atoms with van der Waals surface area (Å²) >= 11 is 0. The molecule has 2 heterocycles. The van der Waals surface area contributed by atoms with E-state index in [9.17, 15) is 9.59 Å². The van der Waals surface area contributed by atoms with Crippen LogP contribution in [0.25, 0.3) is 0 Å². The molecular formula is C12H21N3O3. The highest BCUT2D eigenvalue weighted by Gasteiger charge is 2.45. The molecule has 2 saturated heterocycles. The molecule has 0 saturated carbocycles. The molecule has 2 rings (SSSR count). The molecule has 18 heavy (non-hydrogen) atoms. The number of carbonyl (C=O) groups is 2. The van der Waals surface area contributed by atoms with Crippen LogP contribution in [0.1, 0.15) is 20.8 Å². The Morgan fingerprint density at radius 3 is 2.83 bits per heavy atom. The molecule has 2 unspecified atom stereocenters. The number of nitrogens with zero attached hydrogens (tertiary/aromatic N) is 2. The van der Waals surface area contributed by atoms with Gasteiger partial charge in [0.05, 0.1) is 18.7 Å². The van der Waals surface area contributed by atoms with Crippen LogP contribution in [0, 0.1) is 0 Å². The fourth-order valence-electron chi connectivity index (χ4n) is 2.73. The zero-order chi connectivity index (χ0) is 13.3. The molecule has 0 aromatic heterocycles. The van der Waals surface area contributed by atoms with Crippen LogP contribution in [-0.2, 0) is 9.53 Å². The smallest absolute Gasteiger partial charge is 0.317 e. The molecule has 6 heteroatoms. The number of nitrogens with one attached hydrogen (secondary N) is 1. The first-order valence-electron chi connectivity index (χ1n) is 6.50. The molecule has 1 N–H and O–H groups in total. The van der Waals surface area contributed by atoms with Crippen molar-refractivity contribution in [3.8, 4) is 0 Å². The maximum absolute atomic E-state index is 11.9. The Balaban J connectivity index is 2.07. The van der Waals surface area contributed by atoms with Crippen molar-refractivity contribution >= 4 is 11.9 Å². The molecule has 0 aromatic rings. The fourth-order valence-corrected chi connectivity index (χ4v) is 2.73. The van der Waals surface area contributed by atoms with Gasteiger partial charge in [0, 0.05) is 19.1 Å². The topological polar surface area (TPSA) is 61.9 Å². The molecule has 3 amide bonds. The van der Waals surface area contributed by atoms with Crippen molar-refractivity contribution in [3.05, 3.63) is 0 Å². The van der Waals surface area contributed by atoms with Gasteiger partial charge in [0.1, 0.15) is 6.61 Å². The summed E-state index contributed by atoms with van der Waals surface area (Å²) in [7, 11) is 0. The van der Waals surface area contributed by atoms with Gasteiger partial charge in [-0.25, -0.2) is 4.79 Å². The van der Waals surface area contributed by atoms with Crippen molar-refractivity contribution in [2.24, 2.45) is 0 Å². The van der Waals surface area contributed by atoms with Gasteiger partial charge >= 0.3 is 6.03 Å². The summed E-state index contributed by atoms with van der Waals surface area (Å²) in [6, 6.07) is 0.0589. The molecule has 0 spiro atoms. The maximum Gasteiger partial charge on any atom is 0.317 e. The van der Waals surface area contributed by atoms with Gasteiger partial charge in [-0.2, -0.15) is 0 Å². The van der Waals surface area contributed by atoms with Crippen LogP contribution in [0.2, 0.25) is 0 Å². The van der Waals surface area contributed by atoms with E-state index in [0.717, 1.165) is 0 Å². The van der Waals surface area contributed by atoms with E-state index in [2.05, 4.69) is 5.32 Å². The zero-order valence-corrected chi connectivity index (χ0v) is 11.2.